The van der Waals surface area contributed by atoms with Crippen LogP contribution in [0.15, 0.2) is 24.5 Å². The molecule has 0 spiro atoms. The molecule has 0 aromatic carbocycles. The molecule has 4 heteroatoms. The van der Waals surface area contributed by atoms with Crippen LogP contribution in [0.2, 0.25) is 0 Å². The first-order chi connectivity index (χ1) is 8.83. The highest BCUT2D eigenvalue weighted by Gasteiger charge is 2.20. The van der Waals surface area contributed by atoms with Crippen LogP contribution in [0.5, 0.6) is 0 Å². The molecule has 2 N–H and O–H groups in total. The molecule has 0 amide bonds. The first-order valence-corrected chi connectivity index (χ1v) is 6.49. The summed E-state index contributed by atoms with van der Waals surface area (Å²) in [5, 5.41) is 10.3. The van der Waals surface area contributed by atoms with Gasteiger partial charge in [-0.2, -0.15) is 5.10 Å². The molecule has 0 aliphatic heterocycles. The SMILES string of the molecule is Cc1ccc(CNCC2CC2)nc1-c1cn[nH]c1. The van der Waals surface area contributed by atoms with E-state index in [1.165, 1.54) is 18.4 Å². The van der Waals surface area contributed by atoms with Crippen molar-refractivity contribution >= 4 is 0 Å². The van der Waals surface area contributed by atoms with Crippen LogP contribution in [0.25, 0.3) is 11.3 Å². The number of aryl methyl sites for hydroxylation is 1. The minimum atomic E-state index is 0.849. The second-order valence-electron chi connectivity index (χ2n) is 5.03. The first kappa shape index (κ1) is 11.4. The van der Waals surface area contributed by atoms with Crippen LogP contribution in [-0.2, 0) is 6.54 Å². The maximum Gasteiger partial charge on any atom is 0.0766 e. The van der Waals surface area contributed by atoms with Crippen LogP contribution in [-0.4, -0.2) is 21.7 Å². The van der Waals surface area contributed by atoms with Crippen LogP contribution in [0, 0.1) is 12.8 Å². The average Bonchev–Trinajstić information content (AvgIpc) is 3.04. The van der Waals surface area contributed by atoms with Gasteiger partial charge in [0.05, 0.1) is 17.6 Å². The number of aromatic amines is 1. The Morgan fingerprint density at radius 2 is 2.28 bits per heavy atom. The Labute approximate surface area is 107 Å². The topological polar surface area (TPSA) is 53.6 Å². The fourth-order valence-electron chi connectivity index (χ4n) is 2.07. The molecule has 0 saturated heterocycles. The van der Waals surface area contributed by atoms with E-state index >= 15 is 0 Å². The summed E-state index contributed by atoms with van der Waals surface area (Å²) in [6.45, 7) is 4.05. The highest BCUT2D eigenvalue weighted by atomic mass is 15.1. The Hall–Kier alpha value is -1.68. The van der Waals surface area contributed by atoms with Crippen LogP contribution < -0.4 is 5.32 Å². The predicted octanol–water partition coefficient (Wildman–Crippen LogP) is 2.28. The molecule has 2 aromatic rings. The summed E-state index contributed by atoms with van der Waals surface area (Å²) in [4.78, 5) is 4.71. The predicted molar refractivity (Wildman–Crippen MR) is 71.0 cm³/mol. The molecule has 4 nitrogen and oxygen atoms in total. The number of aromatic nitrogens is 3. The van der Waals surface area contributed by atoms with Gasteiger partial charge in [-0.05, 0) is 43.9 Å². The molecule has 0 unspecified atom stereocenters. The van der Waals surface area contributed by atoms with E-state index in [0.717, 1.165) is 36.0 Å². The highest BCUT2D eigenvalue weighted by Crippen LogP contribution is 2.27. The van der Waals surface area contributed by atoms with E-state index in [-0.39, 0.29) is 0 Å². The molecular weight excluding hydrogens is 224 g/mol. The smallest absolute Gasteiger partial charge is 0.0766 e. The molecule has 18 heavy (non-hydrogen) atoms. The van der Waals surface area contributed by atoms with E-state index in [1.807, 2.05) is 12.4 Å². The van der Waals surface area contributed by atoms with E-state index in [1.54, 1.807) is 0 Å². The minimum Gasteiger partial charge on any atom is -0.311 e. The lowest BCUT2D eigenvalue weighted by Crippen LogP contribution is -2.17. The quantitative estimate of drug-likeness (QED) is 0.845. The lowest BCUT2D eigenvalue weighted by atomic mass is 10.1. The van der Waals surface area contributed by atoms with Crippen LogP contribution in [0.4, 0.5) is 0 Å². The summed E-state index contributed by atoms with van der Waals surface area (Å²) in [6.07, 6.45) is 6.47. The number of pyridine rings is 1. The third-order valence-corrected chi connectivity index (χ3v) is 3.36. The average molecular weight is 242 g/mol. The van der Waals surface area contributed by atoms with Gasteiger partial charge in [0.2, 0.25) is 0 Å². The van der Waals surface area contributed by atoms with Crippen molar-refractivity contribution in [1.82, 2.24) is 20.5 Å². The molecule has 1 aliphatic carbocycles. The molecule has 0 radical (unpaired) electrons. The van der Waals surface area contributed by atoms with E-state index in [2.05, 4.69) is 34.6 Å². The third kappa shape index (κ3) is 2.59. The van der Waals surface area contributed by atoms with Gasteiger partial charge >= 0.3 is 0 Å². The monoisotopic (exact) mass is 242 g/mol. The molecule has 2 heterocycles. The van der Waals surface area contributed by atoms with E-state index in [4.69, 9.17) is 4.98 Å². The van der Waals surface area contributed by atoms with Crippen molar-refractivity contribution in [3.05, 3.63) is 35.8 Å². The zero-order valence-corrected chi connectivity index (χ0v) is 10.6. The normalized spacial score (nSPS) is 14.9. The maximum atomic E-state index is 4.71. The lowest BCUT2D eigenvalue weighted by Gasteiger charge is -2.07. The second kappa shape index (κ2) is 4.90. The third-order valence-electron chi connectivity index (χ3n) is 3.36. The molecule has 94 valence electrons. The van der Waals surface area contributed by atoms with E-state index < -0.39 is 0 Å². The Morgan fingerprint density at radius 3 is 3.00 bits per heavy atom. The van der Waals surface area contributed by atoms with Gasteiger partial charge < -0.3 is 5.32 Å². The Balaban J connectivity index is 1.72. The van der Waals surface area contributed by atoms with E-state index in [9.17, 15) is 0 Å². The number of H-pyrrole nitrogens is 1. The molecule has 1 saturated carbocycles. The summed E-state index contributed by atoms with van der Waals surface area (Å²) in [5.74, 6) is 0.906. The van der Waals surface area contributed by atoms with Gasteiger partial charge in [-0.15, -0.1) is 0 Å². The van der Waals surface area contributed by atoms with Crippen LogP contribution in [0.1, 0.15) is 24.1 Å². The van der Waals surface area contributed by atoms with E-state index in [0.29, 0.717) is 0 Å². The van der Waals surface area contributed by atoms with Gasteiger partial charge in [-0.3, -0.25) is 10.1 Å². The summed E-state index contributed by atoms with van der Waals surface area (Å²) >= 11 is 0. The van der Waals surface area contributed by atoms with Crippen molar-refractivity contribution in [3.63, 3.8) is 0 Å². The van der Waals surface area contributed by atoms with Crippen molar-refractivity contribution < 1.29 is 0 Å². The Morgan fingerprint density at radius 1 is 1.39 bits per heavy atom. The fourth-order valence-corrected chi connectivity index (χ4v) is 2.07. The first-order valence-electron chi connectivity index (χ1n) is 6.49. The van der Waals surface area contributed by atoms with Crippen molar-refractivity contribution in [3.8, 4) is 11.3 Å². The van der Waals surface area contributed by atoms with Gasteiger partial charge in [0, 0.05) is 18.3 Å². The summed E-state index contributed by atoms with van der Waals surface area (Å²) in [5.41, 5.74) is 4.35. The zero-order chi connectivity index (χ0) is 12.4. The van der Waals surface area contributed by atoms with Gasteiger partial charge in [-0.25, -0.2) is 0 Å². The van der Waals surface area contributed by atoms with Crippen molar-refractivity contribution in [2.45, 2.75) is 26.3 Å². The lowest BCUT2D eigenvalue weighted by molar-refractivity contribution is 0.630. The Kier molecular flexibility index (Phi) is 3.11. The molecular formula is C14H18N4. The Bertz CT molecular complexity index is 515. The zero-order valence-electron chi connectivity index (χ0n) is 10.6. The van der Waals surface area contributed by atoms with Crippen molar-refractivity contribution in [2.24, 2.45) is 5.92 Å². The number of nitrogens with one attached hydrogen (secondary N) is 2. The second-order valence-corrected chi connectivity index (χ2v) is 5.03. The number of nitrogens with zero attached hydrogens (tertiary/aromatic N) is 2. The summed E-state index contributed by atoms with van der Waals surface area (Å²) < 4.78 is 0. The maximum absolute atomic E-state index is 4.71. The van der Waals surface area contributed by atoms with Crippen LogP contribution in [0.3, 0.4) is 0 Å². The van der Waals surface area contributed by atoms with Gasteiger partial charge in [-0.1, -0.05) is 6.07 Å². The summed E-state index contributed by atoms with van der Waals surface area (Å²) in [6, 6.07) is 4.22. The van der Waals surface area contributed by atoms with Gasteiger partial charge in [0.1, 0.15) is 0 Å². The molecule has 2 aromatic heterocycles. The number of rotatable bonds is 5. The molecule has 0 bridgehead atoms. The van der Waals surface area contributed by atoms with Gasteiger partial charge in [0.15, 0.2) is 0 Å². The number of hydrogen-bond acceptors (Lipinski definition) is 3. The molecule has 0 atom stereocenters. The number of hydrogen-bond donors (Lipinski definition) is 2. The van der Waals surface area contributed by atoms with Crippen LogP contribution >= 0.6 is 0 Å². The molecule has 1 aliphatic rings. The fraction of sp³-hybridized carbons (Fsp3) is 0.429. The molecule has 1 fully saturated rings. The summed E-state index contributed by atoms with van der Waals surface area (Å²) in [7, 11) is 0. The van der Waals surface area contributed by atoms with Gasteiger partial charge in [0.25, 0.3) is 0 Å². The standard InChI is InChI=1S/C14H18N4/c1-10-2-5-13(9-15-6-11-3-4-11)18-14(10)12-7-16-17-8-12/h2,5,7-8,11,15H,3-4,6,9H2,1H3,(H,16,17). The molecule has 3 rings (SSSR count). The minimum absolute atomic E-state index is 0.849. The van der Waals surface area contributed by atoms with Crippen molar-refractivity contribution in [2.75, 3.05) is 6.54 Å². The van der Waals surface area contributed by atoms with Crippen molar-refractivity contribution in [1.29, 1.82) is 0 Å². The largest absolute Gasteiger partial charge is 0.311 e. The highest BCUT2D eigenvalue weighted by molar-refractivity contribution is 5.61.